The van der Waals surface area contributed by atoms with Gasteiger partial charge in [0.15, 0.2) is 0 Å². The molecule has 0 atom stereocenters. The van der Waals surface area contributed by atoms with Gasteiger partial charge < -0.3 is 5.32 Å². The van der Waals surface area contributed by atoms with Crippen LogP contribution in [0.2, 0.25) is 0 Å². The van der Waals surface area contributed by atoms with E-state index in [4.69, 9.17) is 0 Å². The van der Waals surface area contributed by atoms with Crippen molar-refractivity contribution in [2.45, 2.75) is 6.92 Å². The zero-order chi connectivity index (χ0) is 8.85. The van der Waals surface area contributed by atoms with Crippen LogP contribution in [0, 0.1) is 0 Å². The molecule has 0 saturated heterocycles. The van der Waals surface area contributed by atoms with Crippen LogP contribution in [0.4, 0.5) is 0 Å². The summed E-state index contributed by atoms with van der Waals surface area (Å²) in [6.45, 7) is 5.11. The summed E-state index contributed by atoms with van der Waals surface area (Å²) in [5.41, 5.74) is 0.381. The van der Waals surface area contributed by atoms with Crippen LogP contribution >= 0.6 is 7.68 Å². The number of rotatable bonds is 4. The molecule has 0 aliphatic rings. The van der Waals surface area contributed by atoms with E-state index in [1.807, 2.05) is 0 Å². The van der Waals surface area contributed by atoms with Gasteiger partial charge in [0.05, 0.1) is 6.16 Å². The van der Waals surface area contributed by atoms with Crippen molar-refractivity contribution in [1.29, 1.82) is 0 Å². The molecule has 0 aromatic heterocycles. The Labute approximate surface area is 65.5 Å². The zero-order valence-electron chi connectivity index (χ0n) is 6.29. The summed E-state index contributed by atoms with van der Waals surface area (Å²) in [7, 11) is -2.39. The minimum atomic E-state index is -2.39. The number of hydrogen-bond acceptors (Lipinski definition) is 3. The molecule has 0 aliphatic heterocycles. The first-order chi connectivity index (χ1) is 5.04. The molecule has 5 heteroatoms. The second-order valence-corrected chi connectivity index (χ2v) is 3.21. The van der Waals surface area contributed by atoms with E-state index in [1.54, 1.807) is 6.92 Å². The van der Waals surface area contributed by atoms with Crippen molar-refractivity contribution in [3.8, 4) is 0 Å². The van der Waals surface area contributed by atoms with E-state index in [1.165, 1.54) is 0 Å². The molecule has 0 rings (SSSR count). The highest BCUT2D eigenvalue weighted by Gasteiger charge is 2.00. The maximum Gasteiger partial charge on any atom is 0.317 e. The second kappa shape index (κ2) is 4.85. The van der Waals surface area contributed by atoms with Gasteiger partial charge in [-0.15, -0.1) is 0 Å². The van der Waals surface area contributed by atoms with E-state index in [0.717, 1.165) is 0 Å². The second-order valence-electron chi connectivity index (χ2n) is 2.09. The smallest absolute Gasteiger partial charge is 0.317 e. The first kappa shape index (κ1) is 10.1. The lowest BCUT2D eigenvalue weighted by molar-refractivity contribution is -0.117. The first-order valence-electron chi connectivity index (χ1n) is 3.09. The van der Waals surface area contributed by atoms with Crippen molar-refractivity contribution < 1.29 is 13.9 Å². The third kappa shape index (κ3) is 5.55. The monoisotopic (exact) mass is 175 g/mol. The van der Waals surface area contributed by atoms with Crippen LogP contribution in [0.15, 0.2) is 12.2 Å². The Balaban J connectivity index is 3.55. The van der Waals surface area contributed by atoms with Crippen molar-refractivity contribution in [3.05, 3.63) is 12.2 Å². The molecule has 4 nitrogen and oxygen atoms in total. The van der Waals surface area contributed by atoms with Gasteiger partial charge in [0.25, 0.3) is 0 Å². The summed E-state index contributed by atoms with van der Waals surface area (Å²) >= 11 is 0. The van der Waals surface area contributed by atoms with Gasteiger partial charge in [-0.05, 0) is 6.92 Å². The van der Waals surface area contributed by atoms with E-state index >= 15 is 0 Å². The van der Waals surface area contributed by atoms with Crippen molar-refractivity contribution in [1.82, 2.24) is 5.32 Å². The summed E-state index contributed by atoms with van der Waals surface area (Å²) in [6, 6.07) is 0. The zero-order valence-corrected chi connectivity index (χ0v) is 7.19. The van der Waals surface area contributed by atoms with Gasteiger partial charge in [-0.1, -0.05) is 6.58 Å². The van der Waals surface area contributed by atoms with E-state index in [0.29, 0.717) is 5.57 Å². The number of amides is 1. The Kier molecular flexibility index (Phi) is 4.46. The number of carbonyl (C=O) groups is 1. The van der Waals surface area contributed by atoms with Gasteiger partial charge in [0, 0.05) is 12.1 Å². The van der Waals surface area contributed by atoms with Crippen LogP contribution in [0.3, 0.4) is 0 Å². The molecule has 1 N–H and O–H groups in total. The third-order valence-electron chi connectivity index (χ3n) is 0.968. The average molecular weight is 175 g/mol. The van der Waals surface area contributed by atoms with E-state index in [-0.39, 0.29) is 18.6 Å². The maximum atomic E-state index is 10.7. The lowest BCUT2D eigenvalue weighted by atomic mass is 10.3. The SMILES string of the molecule is C=C(C)C(=O)NCCP(=O)=O. The average Bonchev–Trinajstić information content (AvgIpc) is 1.86. The minimum Gasteiger partial charge on any atom is -0.351 e. The van der Waals surface area contributed by atoms with Gasteiger partial charge in [0.2, 0.25) is 5.91 Å². The fraction of sp³-hybridized carbons (Fsp3) is 0.500. The van der Waals surface area contributed by atoms with Gasteiger partial charge >= 0.3 is 7.68 Å². The van der Waals surface area contributed by atoms with Crippen LogP contribution in [0.25, 0.3) is 0 Å². The molecular weight excluding hydrogens is 165 g/mol. The van der Waals surface area contributed by atoms with Gasteiger partial charge in [-0.2, -0.15) is 0 Å². The van der Waals surface area contributed by atoms with Crippen LogP contribution in [-0.2, 0) is 13.9 Å². The Hall–Kier alpha value is -0.890. The lowest BCUT2D eigenvalue weighted by Gasteiger charge is -1.99. The molecule has 1 amide bonds. The molecule has 0 aromatic carbocycles. The van der Waals surface area contributed by atoms with Crippen LogP contribution in [-0.4, -0.2) is 18.6 Å². The largest absolute Gasteiger partial charge is 0.351 e. The van der Waals surface area contributed by atoms with Crippen LogP contribution < -0.4 is 5.32 Å². The van der Waals surface area contributed by atoms with Crippen molar-refractivity contribution in [2.75, 3.05) is 12.7 Å². The molecule has 0 saturated carbocycles. The Bertz CT molecular complexity index is 224. The molecule has 0 heterocycles. The van der Waals surface area contributed by atoms with Gasteiger partial charge in [0.1, 0.15) is 0 Å². The van der Waals surface area contributed by atoms with Crippen LogP contribution in [0.1, 0.15) is 6.92 Å². The summed E-state index contributed by atoms with van der Waals surface area (Å²) in [4.78, 5) is 10.7. The van der Waals surface area contributed by atoms with Gasteiger partial charge in [-0.3, -0.25) is 4.79 Å². The normalized spacial score (nSPS) is 8.82. The first-order valence-corrected chi connectivity index (χ1v) is 4.46. The minimum absolute atomic E-state index is 0.0195. The maximum absolute atomic E-state index is 10.7. The highest BCUT2D eigenvalue weighted by Crippen LogP contribution is 1.98. The Morgan fingerprint density at radius 1 is 1.55 bits per heavy atom. The molecule has 0 bridgehead atoms. The van der Waals surface area contributed by atoms with Crippen LogP contribution in [0.5, 0.6) is 0 Å². The summed E-state index contributed by atoms with van der Waals surface area (Å²) in [6.07, 6.45) is -0.0195. The topological polar surface area (TPSA) is 63.2 Å². The predicted molar refractivity (Wildman–Crippen MR) is 41.0 cm³/mol. The lowest BCUT2D eigenvalue weighted by Crippen LogP contribution is -2.25. The summed E-state index contributed by atoms with van der Waals surface area (Å²) < 4.78 is 20.0. The standard InChI is InChI=1S/C6H10NO3P/c1-5(2)6(8)7-3-4-11(9)10/h1,3-4H2,2H3,(H,7,8). The quantitative estimate of drug-likeness (QED) is 0.509. The number of nitrogens with one attached hydrogen (secondary N) is 1. The highest BCUT2D eigenvalue weighted by molar-refractivity contribution is 7.30. The Morgan fingerprint density at radius 3 is 2.45 bits per heavy atom. The van der Waals surface area contributed by atoms with E-state index in [2.05, 4.69) is 11.9 Å². The number of hydrogen-bond donors (Lipinski definition) is 1. The molecular formula is C6H10NO3P. The fourth-order valence-electron chi connectivity index (χ4n) is 0.412. The molecule has 11 heavy (non-hydrogen) atoms. The van der Waals surface area contributed by atoms with E-state index in [9.17, 15) is 13.9 Å². The highest BCUT2D eigenvalue weighted by atomic mass is 31.1. The van der Waals surface area contributed by atoms with Gasteiger partial charge in [-0.25, -0.2) is 9.13 Å². The molecule has 0 unspecified atom stereocenters. The summed E-state index contributed by atoms with van der Waals surface area (Å²) in [5, 5.41) is 2.39. The van der Waals surface area contributed by atoms with Crippen molar-refractivity contribution in [3.63, 3.8) is 0 Å². The third-order valence-corrected chi connectivity index (χ3v) is 1.56. The van der Waals surface area contributed by atoms with E-state index < -0.39 is 7.68 Å². The molecule has 0 spiro atoms. The fourth-order valence-corrected chi connectivity index (χ4v) is 0.706. The van der Waals surface area contributed by atoms with Crippen molar-refractivity contribution >= 4 is 13.6 Å². The number of carbonyl (C=O) groups excluding carboxylic acids is 1. The Morgan fingerprint density at radius 2 is 2.09 bits per heavy atom. The molecule has 0 fully saturated rings. The predicted octanol–water partition coefficient (Wildman–Crippen LogP) is 0.852. The van der Waals surface area contributed by atoms with Crippen molar-refractivity contribution in [2.24, 2.45) is 0 Å². The summed E-state index contributed by atoms with van der Waals surface area (Å²) in [5.74, 6) is -0.304. The molecule has 0 aromatic rings. The molecule has 62 valence electrons. The molecule has 0 aliphatic carbocycles. The molecule has 0 radical (unpaired) electrons.